The average molecular weight is 162 g/mol. The van der Waals surface area contributed by atoms with Crippen LogP contribution in [0.2, 0.25) is 0 Å². The van der Waals surface area contributed by atoms with E-state index in [2.05, 4.69) is 6.58 Å². The SMILES string of the molecule is C=C[SiH2]OCC(OC)OC. The molecular weight excluding hydrogens is 148 g/mol. The molecule has 0 radical (unpaired) electrons. The summed E-state index contributed by atoms with van der Waals surface area (Å²) >= 11 is 0. The first-order chi connectivity index (χ1) is 4.85. The Bertz CT molecular complexity index is 83.1. The first-order valence-corrected chi connectivity index (χ1v) is 4.48. The Balaban J connectivity index is 3.16. The maximum absolute atomic E-state index is 5.20. The molecule has 0 bridgehead atoms. The summed E-state index contributed by atoms with van der Waals surface area (Å²) in [5.74, 6) is 0. The highest BCUT2D eigenvalue weighted by atomic mass is 28.2. The summed E-state index contributed by atoms with van der Waals surface area (Å²) in [7, 11) is 2.64. The third-order valence-corrected chi connectivity index (χ3v) is 1.72. The first-order valence-electron chi connectivity index (χ1n) is 3.09. The van der Waals surface area contributed by atoms with Crippen LogP contribution in [0.15, 0.2) is 12.3 Å². The van der Waals surface area contributed by atoms with E-state index in [0.717, 1.165) is 0 Å². The molecule has 0 aliphatic rings. The highest BCUT2D eigenvalue weighted by molar-refractivity contribution is 6.34. The van der Waals surface area contributed by atoms with Crippen LogP contribution < -0.4 is 0 Å². The molecule has 0 aliphatic heterocycles. The van der Waals surface area contributed by atoms with E-state index in [0.29, 0.717) is 6.61 Å². The van der Waals surface area contributed by atoms with Gasteiger partial charge in [-0.05, 0) is 0 Å². The predicted molar refractivity (Wildman–Crippen MR) is 42.5 cm³/mol. The summed E-state index contributed by atoms with van der Waals surface area (Å²) in [5, 5.41) is 0. The summed E-state index contributed by atoms with van der Waals surface area (Å²) in [6, 6.07) is 0. The van der Waals surface area contributed by atoms with Crippen molar-refractivity contribution in [2.45, 2.75) is 6.29 Å². The smallest absolute Gasteiger partial charge is 0.184 e. The van der Waals surface area contributed by atoms with Gasteiger partial charge in [0, 0.05) is 14.2 Å². The van der Waals surface area contributed by atoms with Gasteiger partial charge in [0.1, 0.15) is 0 Å². The average Bonchev–Trinajstić information content (AvgIpc) is 1.99. The zero-order valence-corrected chi connectivity index (χ0v) is 7.91. The van der Waals surface area contributed by atoms with E-state index in [1.54, 1.807) is 14.2 Å². The predicted octanol–water partition coefficient (Wildman–Crippen LogP) is -0.151. The number of methoxy groups -OCH3 is 2. The third-order valence-electron chi connectivity index (χ3n) is 1.02. The lowest BCUT2D eigenvalue weighted by molar-refractivity contribution is -0.121. The van der Waals surface area contributed by atoms with Crippen molar-refractivity contribution in [3.05, 3.63) is 12.3 Å². The summed E-state index contributed by atoms with van der Waals surface area (Å²) in [6.07, 6.45) is -0.229. The fourth-order valence-electron chi connectivity index (χ4n) is 0.480. The van der Waals surface area contributed by atoms with Gasteiger partial charge >= 0.3 is 0 Å². The zero-order chi connectivity index (χ0) is 7.82. The Labute approximate surface area is 63.9 Å². The van der Waals surface area contributed by atoms with E-state index in [9.17, 15) is 0 Å². The fraction of sp³-hybridized carbons (Fsp3) is 0.667. The molecule has 0 aromatic rings. The molecule has 0 N–H and O–H groups in total. The monoisotopic (exact) mass is 162 g/mol. The third kappa shape index (κ3) is 4.69. The van der Waals surface area contributed by atoms with Crippen molar-refractivity contribution in [3.8, 4) is 0 Å². The molecule has 60 valence electrons. The summed E-state index contributed by atoms with van der Waals surface area (Å²) in [5.41, 5.74) is 1.82. The molecule has 0 rings (SSSR count). The molecule has 4 heteroatoms. The van der Waals surface area contributed by atoms with Crippen molar-refractivity contribution in [3.63, 3.8) is 0 Å². The Hall–Kier alpha value is -0.163. The number of hydrogen-bond acceptors (Lipinski definition) is 3. The normalized spacial score (nSPS) is 11.5. The molecule has 0 fully saturated rings. The van der Waals surface area contributed by atoms with Crippen molar-refractivity contribution in [1.82, 2.24) is 0 Å². The second-order valence-electron chi connectivity index (χ2n) is 1.73. The molecule has 0 aliphatic carbocycles. The fourth-order valence-corrected chi connectivity index (χ4v) is 0.975. The summed E-state index contributed by atoms with van der Waals surface area (Å²) in [6.45, 7) is 4.07. The molecule has 0 aromatic carbocycles. The lowest BCUT2D eigenvalue weighted by atomic mass is 10.7. The molecule has 0 aromatic heterocycles. The minimum atomic E-state index is -0.536. The molecule has 0 saturated heterocycles. The standard InChI is InChI=1S/C6H14O3Si/c1-4-10-9-5-6(7-2)8-3/h4,6H,1,5,10H2,2-3H3. The maximum atomic E-state index is 5.20. The summed E-state index contributed by atoms with van der Waals surface area (Å²) in [4.78, 5) is 0. The first kappa shape index (κ1) is 9.84. The van der Waals surface area contributed by atoms with Gasteiger partial charge in [-0.15, -0.1) is 6.58 Å². The largest absolute Gasteiger partial charge is 0.414 e. The van der Waals surface area contributed by atoms with Gasteiger partial charge in [-0.25, -0.2) is 0 Å². The topological polar surface area (TPSA) is 27.7 Å². The van der Waals surface area contributed by atoms with Crippen LogP contribution in [0.5, 0.6) is 0 Å². The van der Waals surface area contributed by atoms with E-state index >= 15 is 0 Å². The van der Waals surface area contributed by atoms with E-state index in [1.807, 2.05) is 5.70 Å². The van der Waals surface area contributed by atoms with E-state index in [4.69, 9.17) is 13.9 Å². The van der Waals surface area contributed by atoms with Crippen LogP contribution in [0.4, 0.5) is 0 Å². The zero-order valence-electron chi connectivity index (χ0n) is 6.50. The number of rotatable bonds is 6. The van der Waals surface area contributed by atoms with Gasteiger partial charge in [-0.2, -0.15) is 0 Å². The molecule has 0 spiro atoms. The lowest BCUT2D eigenvalue weighted by Crippen LogP contribution is -2.20. The van der Waals surface area contributed by atoms with Crippen LogP contribution in [0, 0.1) is 0 Å². The van der Waals surface area contributed by atoms with Crippen molar-refractivity contribution in [2.24, 2.45) is 0 Å². The highest BCUT2D eigenvalue weighted by Crippen LogP contribution is 1.90. The van der Waals surface area contributed by atoms with Crippen LogP contribution in [-0.2, 0) is 13.9 Å². The van der Waals surface area contributed by atoms with Gasteiger partial charge in [-0.1, -0.05) is 5.70 Å². The van der Waals surface area contributed by atoms with Gasteiger partial charge in [0.2, 0.25) is 0 Å². The van der Waals surface area contributed by atoms with Crippen molar-refractivity contribution in [1.29, 1.82) is 0 Å². The molecule has 0 amide bonds. The molecular formula is C6H14O3Si. The molecule has 3 nitrogen and oxygen atoms in total. The van der Waals surface area contributed by atoms with E-state index < -0.39 is 9.76 Å². The minimum absolute atomic E-state index is 0.229. The lowest BCUT2D eigenvalue weighted by Gasteiger charge is -2.12. The van der Waals surface area contributed by atoms with Crippen LogP contribution in [0.25, 0.3) is 0 Å². The Kier molecular flexibility index (Phi) is 6.84. The minimum Gasteiger partial charge on any atom is -0.414 e. The Morgan fingerprint density at radius 1 is 1.50 bits per heavy atom. The van der Waals surface area contributed by atoms with Gasteiger partial charge < -0.3 is 13.9 Å². The highest BCUT2D eigenvalue weighted by Gasteiger charge is 2.02. The van der Waals surface area contributed by atoms with Gasteiger partial charge in [-0.3, -0.25) is 0 Å². The van der Waals surface area contributed by atoms with Gasteiger partial charge in [0.25, 0.3) is 0 Å². The van der Waals surface area contributed by atoms with Crippen LogP contribution in [0.1, 0.15) is 0 Å². The van der Waals surface area contributed by atoms with Crippen molar-refractivity contribution >= 4 is 9.76 Å². The maximum Gasteiger partial charge on any atom is 0.184 e. The second kappa shape index (κ2) is 6.95. The molecule has 10 heavy (non-hydrogen) atoms. The van der Waals surface area contributed by atoms with Crippen LogP contribution >= 0.6 is 0 Å². The Morgan fingerprint density at radius 2 is 2.10 bits per heavy atom. The van der Waals surface area contributed by atoms with Crippen LogP contribution in [0.3, 0.4) is 0 Å². The molecule has 0 heterocycles. The second-order valence-corrected chi connectivity index (χ2v) is 3.05. The van der Waals surface area contributed by atoms with Gasteiger partial charge in [0.15, 0.2) is 16.1 Å². The number of ether oxygens (including phenoxy) is 2. The molecule has 0 saturated carbocycles. The quantitative estimate of drug-likeness (QED) is 0.309. The van der Waals surface area contributed by atoms with E-state index in [-0.39, 0.29) is 6.29 Å². The summed E-state index contributed by atoms with van der Waals surface area (Å²) < 4.78 is 15.0. The van der Waals surface area contributed by atoms with E-state index in [1.165, 1.54) is 0 Å². The molecule has 0 atom stereocenters. The van der Waals surface area contributed by atoms with Crippen LogP contribution in [-0.4, -0.2) is 36.9 Å². The van der Waals surface area contributed by atoms with Crippen molar-refractivity contribution in [2.75, 3.05) is 20.8 Å². The van der Waals surface area contributed by atoms with Gasteiger partial charge in [0.05, 0.1) is 6.61 Å². The number of hydrogen-bond donors (Lipinski definition) is 0. The Morgan fingerprint density at radius 3 is 2.50 bits per heavy atom. The van der Waals surface area contributed by atoms with Crippen molar-refractivity contribution < 1.29 is 13.9 Å². The molecule has 0 unspecified atom stereocenters.